The van der Waals surface area contributed by atoms with Gasteiger partial charge in [0, 0.05) is 12.2 Å². The van der Waals surface area contributed by atoms with Crippen LogP contribution in [0.4, 0.5) is 5.69 Å². The van der Waals surface area contributed by atoms with E-state index in [4.69, 9.17) is 0 Å². The van der Waals surface area contributed by atoms with Crippen molar-refractivity contribution in [3.63, 3.8) is 0 Å². The highest BCUT2D eigenvalue weighted by Gasteiger charge is 2.20. The van der Waals surface area contributed by atoms with Crippen LogP contribution in [0.5, 0.6) is 0 Å². The van der Waals surface area contributed by atoms with Crippen LogP contribution in [0.25, 0.3) is 0 Å². The molecule has 0 spiro atoms. The molecule has 1 nitrogen and oxygen atoms in total. The third-order valence-electron chi connectivity index (χ3n) is 2.78. The molecule has 1 aromatic carbocycles. The molecule has 0 atom stereocenters. The maximum atomic E-state index is 3.48. The lowest BCUT2D eigenvalue weighted by Gasteiger charge is -2.06. The van der Waals surface area contributed by atoms with Crippen molar-refractivity contribution < 1.29 is 0 Å². The minimum absolute atomic E-state index is 0.949. The highest BCUT2D eigenvalue weighted by Crippen LogP contribution is 2.28. The maximum absolute atomic E-state index is 3.48. The Balaban J connectivity index is 1.84. The number of rotatable bonds is 5. The van der Waals surface area contributed by atoms with Crippen molar-refractivity contribution in [2.75, 3.05) is 11.9 Å². The van der Waals surface area contributed by atoms with Crippen LogP contribution in [0.1, 0.15) is 31.7 Å². The molecule has 0 saturated heterocycles. The summed E-state index contributed by atoms with van der Waals surface area (Å²) < 4.78 is 0. The quantitative estimate of drug-likeness (QED) is 0.748. The third kappa shape index (κ3) is 2.76. The molecule has 0 radical (unpaired) electrons. The summed E-state index contributed by atoms with van der Waals surface area (Å²) in [7, 11) is 0. The van der Waals surface area contributed by atoms with Crippen molar-refractivity contribution in [1.29, 1.82) is 0 Å². The van der Waals surface area contributed by atoms with E-state index in [0.717, 1.165) is 12.5 Å². The van der Waals surface area contributed by atoms with Crippen LogP contribution in [-0.4, -0.2) is 6.54 Å². The number of nitrogens with one attached hydrogen (secondary N) is 1. The molecular formula is C13H19N. The van der Waals surface area contributed by atoms with E-state index in [1.165, 1.54) is 36.9 Å². The molecule has 0 aromatic heterocycles. The summed E-state index contributed by atoms with van der Waals surface area (Å²) in [5, 5.41) is 3.48. The first-order valence-electron chi connectivity index (χ1n) is 5.71. The summed E-state index contributed by atoms with van der Waals surface area (Å²) in [5.74, 6) is 0.949. The second kappa shape index (κ2) is 4.50. The van der Waals surface area contributed by atoms with Gasteiger partial charge in [-0.1, -0.05) is 25.5 Å². The number of benzene rings is 1. The normalized spacial score (nSPS) is 15.5. The minimum atomic E-state index is 0.949. The molecule has 1 N–H and O–H groups in total. The Bertz CT molecular complexity index is 272. The fraction of sp³-hybridized carbons (Fsp3) is 0.538. The van der Waals surface area contributed by atoms with Crippen LogP contribution in [-0.2, 0) is 6.42 Å². The molecule has 0 amide bonds. The molecule has 0 unspecified atom stereocenters. The Morgan fingerprint density at radius 2 is 1.93 bits per heavy atom. The average Bonchev–Trinajstić information content (AvgIpc) is 3.01. The number of hydrogen-bond acceptors (Lipinski definition) is 1. The molecule has 1 saturated carbocycles. The summed E-state index contributed by atoms with van der Waals surface area (Å²) in [6.45, 7) is 3.38. The summed E-state index contributed by atoms with van der Waals surface area (Å²) in [6.07, 6.45) is 5.26. The summed E-state index contributed by atoms with van der Waals surface area (Å²) in [4.78, 5) is 0. The van der Waals surface area contributed by atoms with Gasteiger partial charge in [-0.25, -0.2) is 0 Å². The van der Waals surface area contributed by atoms with Crippen molar-refractivity contribution >= 4 is 5.69 Å². The Hall–Kier alpha value is -0.980. The molecule has 1 aliphatic carbocycles. The number of aryl methyl sites for hydroxylation is 1. The second-order valence-corrected chi connectivity index (χ2v) is 4.27. The van der Waals surface area contributed by atoms with E-state index in [9.17, 15) is 0 Å². The zero-order chi connectivity index (χ0) is 9.80. The Morgan fingerprint density at radius 1 is 1.21 bits per heavy atom. The zero-order valence-corrected chi connectivity index (χ0v) is 8.92. The van der Waals surface area contributed by atoms with Gasteiger partial charge in [-0.2, -0.15) is 0 Å². The van der Waals surface area contributed by atoms with Crippen LogP contribution in [0.3, 0.4) is 0 Å². The predicted octanol–water partition coefficient (Wildman–Crippen LogP) is 3.46. The van der Waals surface area contributed by atoms with E-state index < -0.39 is 0 Å². The highest BCUT2D eigenvalue weighted by molar-refractivity contribution is 5.44. The maximum Gasteiger partial charge on any atom is 0.0340 e. The lowest BCUT2D eigenvalue weighted by molar-refractivity contribution is 0.888. The highest BCUT2D eigenvalue weighted by atomic mass is 14.9. The smallest absolute Gasteiger partial charge is 0.0340 e. The van der Waals surface area contributed by atoms with Gasteiger partial charge in [-0.05, 0) is 42.9 Å². The van der Waals surface area contributed by atoms with Crippen LogP contribution in [0.15, 0.2) is 24.3 Å². The van der Waals surface area contributed by atoms with Crippen LogP contribution >= 0.6 is 0 Å². The fourth-order valence-corrected chi connectivity index (χ4v) is 1.66. The first kappa shape index (κ1) is 9.57. The van der Waals surface area contributed by atoms with Gasteiger partial charge < -0.3 is 5.32 Å². The summed E-state index contributed by atoms with van der Waals surface area (Å²) in [5.41, 5.74) is 2.72. The van der Waals surface area contributed by atoms with E-state index >= 15 is 0 Å². The Morgan fingerprint density at radius 3 is 2.50 bits per heavy atom. The van der Waals surface area contributed by atoms with Gasteiger partial charge in [0.2, 0.25) is 0 Å². The first-order valence-corrected chi connectivity index (χ1v) is 5.71. The van der Waals surface area contributed by atoms with E-state index in [0.29, 0.717) is 0 Å². The van der Waals surface area contributed by atoms with Gasteiger partial charge in [-0.3, -0.25) is 0 Å². The molecule has 0 heterocycles. The van der Waals surface area contributed by atoms with E-state index in [-0.39, 0.29) is 0 Å². The second-order valence-electron chi connectivity index (χ2n) is 4.27. The van der Waals surface area contributed by atoms with E-state index in [1.807, 2.05) is 0 Å². The standard InChI is InChI=1S/C13H19N/c1-2-3-11-6-8-13(9-7-11)14-10-12-4-5-12/h6-9,12,14H,2-5,10H2,1H3. The third-order valence-corrected chi connectivity index (χ3v) is 2.78. The zero-order valence-electron chi connectivity index (χ0n) is 8.92. The first-order chi connectivity index (χ1) is 6.88. The Kier molecular flexibility index (Phi) is 3.07. The van der Waals surface area contributed by atoms with Crippen LogP contribution < -0.4 is 5.32 Å². The molecule has 76 valence electrons. The van der Waals surface area contributed by atoms with Crippen molar-refractivity contribution in [2.45, 2.75) is 32.6 Å². The van der Waals surface area contributed by atoms with Crippen molar-refractivity contribution in [2.24, 2.45) is 5.92 Å². The molecule has 14 heavy (non-hydrogen) atoms. The Labute approximate surface area is 86.5 Å². The average molecular weight is 189 g/mol. The van der Waals surface area contributed by atoms with E-state index in [2.05, 4.69) is 36.5 Å². The SMILES string of the molecule is CCCc1ccc(NCC2CC2)cc1. The van der Waals surface area contributed by atoms with E-state index in [1.54, 1.807) is 0 Å². The molecule has 1 fully saturated rings. The molecule has 1 heteroatoms. The monoisotopic (exact) mass is 189 g/mol. The van der Waals surface area contributed by atoms with Crippen LogP contribution in [0, 0.1) is 5.92 Å². The lowest BCUT2D eigenvalue weighted by atomic mass is 10.1. The van der Waals surface area contributed by atoms with Gasteiger partial charge in [-0.15, -0.1) is 0 Å². The van der Waals surface area contributed by atoms with Crippen molar-refractivity contribution in [1.82, 2.24) is 0 Å². The van der Waals surface area contributed by atoms with Crippen molar-refractivity contribution in [3.8, 4) is 0 Å². The molecule has 1 aromatic rings. The minimum Gasteiger partial charge on any atom is -0.385 e. The van der Waals surface area contributed by atoms with Crippen molar-refractivity contribution in [3.05, 3.63) is 29.8 Å². The predicted molar refractivity (Wildman–Crippen MR) is 61.7 cm³/mol. The van der Waals surface area contributed by atoms with Gasteiger partial charge in [0.1, 0.15) is 0 Å². The number of hydrogen-bond donors (Lipinski definition) is 1. The van der Waals surface area contributed by atoms with Gasteiger partial charge in [0.15, 0.2) is 0 Å². The van der Waals surface area contributed by atoms with Gasteiger partial charge in [0.05, 0.1) is 0 Å². The van der Waals surface area contributed by atoms with Gasteiger partial charge in [0.25, 0.3) is 0 Å². The van der Waals surface area contributed by atoms with Gasteiger partial charge >= 0.3 is 0 Å². The summed E-state index contributed by atoms with van der Waals surface area (Å²) >= 11 is 0. The summed E-state index contributed by atoms with van der Waals surface area (Å²) in [6, 6.07) is 8.87. The number of anilines is 1. The van der Waals surface area contributed by atoms with Crippen LogP contribution in [0.2, 0.25) is 0 Å². The molecule has 0 bridgehead atoms. The molecular weight excluding hydrogens is 170 g/mol. The molecule has 1 aliphatic rings. The largest absolute Gasteiger partial charge is 0.385 e. The molecule has 0 aliphatic heterocycles. The fourth-order valence-electron chi connectivity index (χ4n) is 1.66. The lowest BCUT2D eigenvalue weighted by Crippen LogP contribution is -2.02. The topological polar surface area (TPSA) is 12.0 Å². The molecule has 2 rings (SSSR count).